The van der Waals surface area contributed by atoms with E-state index in [1.54, 1.807) is 54.6 Å². The molecule has 2 aliphatic rings. The molecule has 0 fully saturated rings. The average molecular weight is 567 g/mol. The molecule has 7 rings (SSSR count). The van der Waals surface area contributed by atoms with Gasteiger partial charge in [-0.2, -0.15) is 0 Å². The van der Waals surface area contributed by atoms with Crippen LogP contribution in [0.15, 0.2) is 121 Å². The molecule has 2 unspecified atom stereocenters. The number of fused-ring (bicyclic) bond motifs is 6. The number of hydrogen-bond donors (Lipinski definition) is 1. The van der Waals surface area contributed by atoms with Crippen molar-refractivity contribution in [1.29, 1.82) is 0 Å². The number of phenols is 1. The molecule has 0 bridgehead atoms. The third-order valence-electron chi connectivity index (χ3n) is 7.16. The van der Waals surface area contributed by atoms with Crippen molar-refractivity contribution in [1.82, 2.24) is 0 Å². The second-order valence-electron chi connectivity index (χ2n) is 9.34. The fourth-order valence-corrected chi connectivity index (χ4v) is 12.8. The van der Waals surface area contributed by atoms with Crippen LogP contribution in [-0.2, 0) is 9.13 Å². The fraction of sp³-hybridized carbons (Fsp3) is 0.0909. The van der Waals surface area contributed by atoms with Crippen molar-refractivity contribution in [3.8, 4) is 39.5 Å². The van der Waals surface area contributed by atoms with Gasteiger partial charge in [-0.3, -0.25) is 9.13 Å². The maximum absolute atomic E-state index is 15.5. The van der Waals surface area contributed by atoms with E-state index in [1.807, 2.05) is 74.5 Å². The summed E-state index contributed by atoms with van der Waals surface area (Å²) in [4.78, 5) is 0. The largest absolute Gasteiger partial charge is 0.508 e. The minimum absolute atomic E-state index is 0.122. The van der Waals surface area contributed by atoms with Crippen molar-refractivity contribution in [3.63, 3.8) is 0 Å². The summed E-state index contributed by atoms with van der Waals surface area (Å²) in [6, 6.07) is 36.0. The molecule has 0 aliphatic carbocycles. The zero-order chi connectivity index (χ0) is 27.9. The van der Waals surface area contributed by atoms with E-state index in [9.17, 15) is 5.11 Å². The monoisotopic (exact) mass is 566 g/mol. The van der Waals surface area contributed by atoms with Crippen molar-refractivity contribution < 1.29 is 23.3 Å². The highest BCUT2D eigenvalue weighted by atomic mass is 31.2. The zero-order valence-electron chi connectivity index (χ0n) is 22.1. The molecule has 0 saturated heterocycles. The lowest BCUT2D eigenvalue weighted by molar-refractivity contribution is 0.451. The SMILES string of the molecule is CC.O=P1(C(c2ccccc2O)P2(=O)Oc3ccccc3-c3ccccc32)Oc2ccccc2-c2ccccc21. The first-order valence-electron chi connectivity index (χ1n) is 13.3. The molecule has 5 nitrogen and oxygen atoms in total. The quantitative estimate of drug-likeness (QED) is 0.221. The van der Waals surface area contributed by atoms with Crippen LogP contribution in [0.1, 0.15) is 24.8 Å². The Bertz CT molecular complexity index is 1720. The summed E-state index contributed by atoms with van der Waals surface area (Å²) in [6.07, 6.45) is 0. The van der Waals surface area contributed by atoms with Crippen molar-refractivity contribution >= 4 is 25.3 Å². The van der Waals surface area contributed by atoms with Crippen LogP contribution >= 0.6 is 14.7 Å². The minimum Gasteiger partial charge on any atom is -0.508 e. The first-order valence-corrected chi connectivity index (χ1v) is 16.6. The van der Waals surface area contributed by atoms with Crippen LogP contribution in [0.3, 0.4) is 0 Å². The van der Waals surface area contributed by atoms with Crippen molar-refractivity contribution in [2.45, 2.75) is 19.2 Å². The summed E-state index contributed by atoms with van der Waals surface area (Å²) in [5.74, 6) is 0.752. The summed E-state index contributed by atoms with van der Waals surface area (Å²) >= 11 is 0. The summed E-state index contributed by atoms with van der Waals surface area (Å²) < 4.78 is 43.9. The Kier molecular flexibility index (Phi) is 6.66. The molecule has 5 aromatic rings. The van der Waals surface area contributed by atoms with Crippen LogP contribution in [0, 0.1) is 0 Å². The number of benzene rings is 5. The van der Waals surface area contributed by atoms with E-state index in [2.05, 4.69) is 0 Å². The van der Waals surface area contributed by atoms with E-state index in [0.29, 0.717) is 22.1 Å². The number of hydrogen-bond acceptors (Lipinski definition) is 5. The minimum atomic E-state index is -4.04. The third-order valence-corrected chi connectivity index (χ3v) is 13.9. The van der Waals surface area contributed by atoms with Gasteiger partial charge in [0, 0.05) is 16.7 Å². The number of rotatable bonds is 3. The van der Waals surface area contributed by atoms with Gasteiger partial charge in [0.2, 0.25) is 0 Å². The molecule has 0 radical (unpaired) electrons. The molecule has 7 heteroatoms. The maximum Gasteiger partial charge on any atom is 0.296 e. The third kappa shape index (κ3) is 3.92. The Balaban J connectivity index is 0.00000142. The summed E-state index contributed by atoms with van der Waals surface area (Å²) in [5.41, 5.74) is 3.35. The van der Waals surface area contributed by atoms with Gasteiger partial charge in [-0.25, -0.2) is 0 Å². The Labute approximate surface area is 234 Å². The molecule has 1 N–H and O–H groups in total. The summed E-state index contributed by atoms with van der Waals surface area (Å²) in [5, 5.41) is 10.7. The van der Waals surface area contributed by atoms with Crippen LogP contribution < -0.4 is 19.7 Å². The molecule has 2 atom stereocenters. The predicted octanol–water partition coefficient (Wildman–Crippen LogP) is 8.74. The van der Waals surface area contributed by atoms with E-state index in [1.165, 1.54) is 6.07 Å². The molecule has 200 valence electrons. The molecule has 0 saturated carbocycles. The highest BCUT2D eigenvalue weighted by molar-refractivity contribution is 7.84. The molecular formula is C33H28O5P2. The van der Waals surface area contributed by atoms with Gasteiger partial charge in [0.25, 0.3) is 14.7 Å². The molecular weight excluding hydrogens is 538 g/mol. The molecule has 40 heavy (non-hydrogen) atoms. The first kappa shape index (κ1) is 26.2. The van der Waals surface area contributed by atoms with Crippen LogP contribution in [-0.4, -0.2) is 5.11 Å². The lowest BCUT2D eigenvalue weighted by Crippen LogP contribution is -2.28. The number of aromatic hydroxyl groups is 1. The lowest BCUT2D eigenvalue weighted by Gasteiger charge is -2.39. The van der Waals surface area contributed by atoms with E-state index in [0.717, 1.165) is 22.3 Å². The Hall–Kier alpha value is -4.04. The van der Waals surface area contributed by atoms with Gasteiger partial charge >= 0.3 is 0 Å². The van der Waals surface area contributed by atoms with Crippen LogP contribution in [0.4, 0.5) is 0 Å². The van der Waals surface area contributed by atoms with Gasteiger partial charge in [0.15, 0.2) is 5.40 Å². The molecule has 2 heterocycles. The Morgan fingerprint density at radius 1 is 0.525 bits per heavy atom. The molecule has 5 aromatic carbocycles. The summed E-state index contributed by atoms with van der Waals surface area (Å²) in [6.45, 7) is 4.00. The van der Waals surface area contributed by atoms with Crippen molar-refractivity contribution in [2.75, 3.05) is 0 Å². The topological polar surface area (TPSA) is 72.8 Å². The highest BCUT2D eigenvalue weighted by Crippen LogP contribution is 2.79. The van der Waals surface area contributed by atoms with Crippen LogP contribution in [0.2, 0.25) is 0 Å². The Morgan fingerprint density at radius 3 is 1.38 bits per heavy atom. The molecule has 0 amide bonds. The predicted molar refractivity (Wildman–Crippen MR) is 162 cm³/mol. The van der Waals surface area contributed by atoms with Crippen molar-refractivity contribution in [3.05, 3.63) is 127 Å². The standard InChI is InChI=1S/C31H22O5P2.C2H6/c32-26-16-6-1-15-25(26)31(37(33)29-19-9-4-13-23(29)21-11-2-7-17-27(21)35-37)38(34)30-20-10-5-14-24(30)22-12-3-8-18-28(22)36-38;1-2/h1-20,31-32H;1-2H3. The smallest absolute Gasteiger partial charge is 0.296 e. The first-order chi connectivity index (χ1) is 19.5. The molecule has 0 spiro atoms. The highest BCUT2D eigenvalue weighted by Gasteiger charge is 2.57. The van der Waals surface area contributed by atoms with Gasteiger partial charge in [0.05, 0.1) is 10.6 Å². The average Bonchev–Trinajstić information content (AvgIpc) is 3.00. The number of para-hydroxylation sites is 3. The van der Waals surface area contributed by atoms with Gasteiger partial charge in [0.1, 0.15) is 17.2 Å². The van der Waals surface area contributed by atoms with Gasteiger partial charge < -0.3 is 14.2 Å². The van der Waals surface area contributed by atoms with Crippen LogP contribution in [0.25, 0.3) is 22.3 Å². The second kappa shape index (κ2) is 10.2. The van der Waals surface area contributed by atoms with Gasteiger partial charge in [-0.05, 0) is 41.5 Å². The van der Waals surface area contributed by atoms with Gasteiger partial charge in [-0.1, -0.05) is 105 Å². The van der Waals surface area contributed by atoms with E-state index < -0.39 is 20.1 Å². The molecule has 2 aliphatic heterocycles. The van der Waals surface area contributed by atoms with E-state index >= 15 is 9.13 Å². The second-order valence-corrected chi connectivity index (χ2v) is 14.5. The van der Waals surface area contributed by atoms with Gasteiger partial charge in [-0.15, -0.1) is 0 Å². The fourth-order valence-electron chi connectivity index (χ4n) is 5.51. The molecule has 0 aromatic heterocycles. The normalized spacial score (nSPS) is 20.6. The van der Waals surface area contributed by atoms with Crippen molar-refractivity contribution in [2.24, 2.45) is 0 Å². The maximum atomic E-state index is 15.5. The lowest BCUT2D eigenvalue weighted by atomic mass is 10.0. The van der Waals surface area contributed by atoms with E-state index in [-0.39, 0.29) is 11.3 Å². The zero-order valence-corrected chi connectivity index (χ0v) is 23.9. The Morgan fingerprint density at radius 2 is 0.900 bits per heavy atom. The van der Waals surface area contributed by atoms with E-state index in [4.69, 9.17) is 9.05 Å². The van der Waals surface area contributed by atoms with Crippen LogP contribution in [0.5, 0.6) is 17.2 Å². The summed E-state index contributed by atoms with van der Waals surface area (Å²) in [7, 11) is -8.09. The number of phenolic OH excluding ortho intramolecular Hbond substituents is 1.